The highest BCUT2D eigenvalue weighted by Crippen LogP contribution is 2.42. The third kappa shape index (κ3) is 2.48. The van der Waals surface area contributed by atoms with Gasteiger partial charge in [-0.3, -0.25) is 4.98 Å². The van der Waals surface area contributed by atoms with Crippen molar-refractivity contribution < 1.29 is 0 Å². The average Bonchev–Trinajstić information content (AvgIpc) is 2.52. The van der Waals surface area contributed by atoms with Crippen LogP contribution in [0.4, 0.5) is 0 Å². The molecule has 0 bridgehead atoms. The third-order valence-corrected chi connectivity index (χ3v) is 4.60. The van der Waals surface area contributed by atoms with Gasteiger partial charge in [0, 0.05) is 18.4 Å². The first-order valence-corrected chi connectivity index (χ1v) is 7.53. The summed E-state index contributed by atoms with van der Waals surface area (Å²) in [6, 6.07) is 13.9. The van der Waals surface area contributed by atoms with Crippen LogP contribution in [0.3, 0.4) is 0 Å². The molecule has 0 amide bonds. The molecule has 0 aliphatic heterocycles. The lowest BCUT2D eigenvalue weighted by Gasteiger charge is -2.43. The normalized spacial score (nSPS) is 25.2. The summed E-state index contributed by atoms with van der Waals surface area (Å²) in [5.74, 6) is 1.45. The summed E-state index contributed by atoms with van der Waals surface area (Å²) in [5, 5.41) is 3.56. The molecule has 2 aromatic rings. The van der Waals surface area contributed by atoms with E-state index in [0.717, 1.165) is 12.5 Å². The first kappa shape index (κ1) is 13.3. The van der Waals surface area contributed by atoms with Crippen LogP contribution in [0.5, 0.6) is 0 Å². The average molecular weight is 266 g/mol. The second-order valence-corrected chi connectivity index (χ2v) is 5.72. The van der Waals surface area contributed by atoms with E-state index in [9.17, 15) is 0 Å². The zero-order valence-corrected chi connectivity index (χ0v) is 12.2. The summed E-state index contributed by atoms with van der Waals surface area (Å²) < 4.78 is 0. The monoisotopic (exact) mass is 266 g/mol. The summed E-state index contributed by atoms with van der Waals surface area (Å²) >= 11 is 0. The molecule has 0 spiro atoms. The molecular formula is C18H22N2. The smallest absolute Gasteiger partial charge is 0.0273 e. The molecule has 1 N–H and O–H groups in total. The number of pyridine rings is 1. The Balaban J connectivity index is 1.72. The lowest BCUT2D eigenvalue weighted by Crippen LogP contribution is -2.47. The molecule has 1 aromatic heterocycles. The van der Waals surface area contributed by atoms with Crippen molar-refractivity contribution in [2.45, 2.75) is 32.2 Å². The van der Waals surface area contributed by atoms with Crippen LogP contribution in [0, 0.1) is 5.92 Å². The summed E-state index contributed by atoms with van der Waals surface area (Å²) in [5.41, 5.74) is 3.98. The van der Waals surface area contributed by atoms with E-state index in [-0.39, 0.29) is 0 Å². The Bertz CT molecular complexity index is 547. The van der Waals surface area contributed by atoms with Crippen molar-refractivity contribution in [1.29, 1.82) is 0 Å². The Labute approximate surface area is 121 Å². The number of hydrogen-bond acceptors (Lipinski definition) is 2. The highest BCUT2D eigenvalue weighted by Gasteiger charge is 2.37. The number of rotatable bonds is 4. The van der Waals surface area contributed by atoms with Crippen LogP contribution in [0.1, 0.15) is 31.7 Å². The summed E-state index contributed by atoms with van der Waals surface area (Å²) in [7, 11) is 0. The van der Waals surface area contributed by atoms with Crippen LogP contribution in [0.15, 0.2) is 48.8 Å². The van der Waals surface area contributed by atoms with Gasteiger partial charge in [-0.15, -0.1) is 0 Å². The van der Waals surface area contributed by atoms with E-state index in [1.54, 1.807) is 0 Å². The predicted octanol–water partition coefficient (Wildman–Crippen LogP) is 3.85. The van der Waals surface area contributed by atoms with Gasteiger partial charge in [-0.1, -0.05) is 38.1 Å². The Morgan fingerprint density at radius 2 is 1.70 bits per heavy atom. The molecule has 1 fully saturated rings. The van der Waals surface area contributed by atoms with Gasteiger partial charge in [0.25, 0.3) is 0 Å². The van der Waals surface area contributed by atoms with Crippen molar-refractivity contribution in [2.75, 3.05) is 6.54 Å². The molecule has 0 saturated heterocycles. The van der Waals surface area contributed by atoms with Gasteiger partial charge in [-0.25, -0.2) is 0 Å². The summed E-state index contributed by atoms with van der Waals surface area (Å²) in [6.07, 6.45) is 4.96. The van der Waals surface area contributed by atoms with Gasteiger partial charge in [0.2, 0.25) is 0 Å². The van der Waals surface area contributed by atoms with E-state index >= 15 is 0 Å². The molecular weight excluding hydrogens is 244 g/mol. The van der Waals surface area contributed by atoms with Gasteiger partial charge < -0.3 is 5.32 Å². The minimum absolute atomic E-state index is 0.699. The maximum absolute atomic E-state index is 4.07. The highest BCUT2D eigenvalue weighted by molar-refractivity contribution is 5.63. The molecule has 20 heavy (non-hydrogen) atoms. The van der Waals surface area contributed by atoms with Crippen molar-refractivity contribution >= 4 is 0 Å². The fourth-order valence-electron chi connectivity index (χ4n) is 3.23. The number of nitrogens with one attached hydrogen (secondary N) is 1. The van der Waals surface area contributed by atoms with Gasteiger partial charge >= 0.3 is 0 Å². The van der Waals surface area contributed by atoms with Crippen molar-refractivity contribution in [3.8, 4) is 11.1 Å². The number of nitrogens with zero attached hydrogens (tertiary/aromatic N) is 1. The number of aromatic nitrogens is 1. The van der Waals surface area contributed by atoms with Crippen LogP contribution in [-0.2, 0) is 0 Å². The Hall–Kier alpha value is -1.67. The molecule has 1 aromatic carbocycles. The second kappa shape index (κ2) is 5.76. The van der Waals surface area contributed by atoms with Crippen molar-refractivity contribution in [3.05, 3.63) is 54.4 Å². The van der Waals surface area contributed by atoms with Crippen molar-refractivity contribution in [1.82, 2.24) is 10.3 Å². The molecule has 1 heterocycles. The molecule has 3 atom stereocenters. The van der Waals surface area contributed by atoms with Gasteiger partial charge in [0.1, 0.15) is 0 Å². The summed E-state index contributed by atoms with van der Waals surface area (Å²) in [6.45, 7) is 5.62. The van der Waals surface area contributed by atoms with E-state index < -0.39 is 0 Å². The first-order chi connectivity index (χ1) is 9.79. The van der Waals surface area contributed by atoms with Crippen LogP contribution in [0.2, 0.25) is 0 Å². The van der Waals surface area contributed by atoms with Gasteiger partial charge in [-0.2, -0.15) is 0 Å². The molecule has 1 aliphatic carbocycles. The van der Waals surface area contributed by atoms with Crippen LogP contribution >= 0.6 is 0 Å². The molecule has 3 rings (SSSR count). The van der Waals surface area contributed by atoms with E-state index in [1.165, 1.54) is 23.1 Å². The molecule has 0 radical (unpaired) electrons. The highest BCUT2D eigenvalue weighted by atomic mass is 14.9. The van der Waals surface area contributed by atoms with Crippen LogP contribution in [0.25, 0.3) is 11.1 Å². The molecule has 2 nitrogen and oxygen atoms in total. The van der Waals surface area contributed by atoms with Gasteiger partial charge in [0.05, 0.1) is 0 Å². The van der Waals surface area contributed by atoms with Gasteiger partial charge in [-0.05, 0) is 53.6 Å². The molecule has 3 unspecified atom stereocenters. The number of benzene rings is 1. The fourth-order valence-corrected chi connectivity index (χ4v) is 3.23. The van der Waals surface area contributed by atoms with E-state index in [0.29, 0.717) is 12.0 Å². The summed E-state index contributed by atoms with van der Waals surface area (Å²) in [4.78, 5) is 4.07. The molecule has 104 valence electrons. The van der Waals surface area contributed by atoms with E-state index in [4.69, 9.17) is 0 Å². The molecule has 2 heteroatoms. The Morgan fingerprint density at radius 1 is 1.05 bits per heavy atom. The maximum Gasteiger partial charge on any atom is 0.0273 e. The third-order valence-electron chi connectivity index (χ3n) is 4.60. The first-order valence-electron chi connectivity index (χ1n) is 7.53. The quantitative estimate of drug-likeness (QED) is 0.909. The number of hydrogen-bond donors (Lipinski definition) is 1. The zero-order chi connectivity index (χ0) is 13.9. The van der Waals surface area contributed by atoms with E-state index in [2.05, 4.69) is 60.5 Å². The largest absolute Gasteiger partial charge is 0.314 e. The lowest BCUT2D eigenvalue weighted by molar-refractivity contribution is 0.187. The topological polar surface area (TPSA) is 24.9 Å². The molecule has 1 aliphatic rings. The minimum Gasteiger partial charge on any atom is -0.314 e. The molecule has 1 saturated carbocycles. The van der Waals surface area contributed by atoms with Crippen LogP contribution in [-0.4, -0.2) is 17.6 Å². The fraction of sp³-hybridized carbons (Fsp3) is 0.389. The maximum atomic E-state index is 4.07. The van der Waals surface area contributed by atoms with Crippen molar-refractivity contribution in [2.24, 2.45) is 5.92 Å². The van der Waals surface area contributed by atoms with E-state index in [1.807, 2.05) is 12.4 Å². The SMILES string of the molecule is CCNC1CC(c2ccc(-c3ccncc3)cc2)C1C. The van der Waals surface area contributed by atoms with Crippen LogP contribution < -0.4 is 5.32 Å². The Kier molecular flexibility index (Phi) is 3.83. The predicted molar refractivity (Wildman–Crippen MR) is 83.7 cm³/mol. The van der Waals surface area contributed by atoms with Gasteiger partial charge in [0.15, 0.2) is 0 Å². The lowest BCUT2D eigenvalue weighted by atomic mass is 9.67. The zero-order valence-electron chi connectivity index (χ0n) is 12.2. The van der Waals surface area contributed by atoms with Crippen molar-refractivity contribution in [3.63, 3.8) is 0 Å². The standard InChI is InChI=1S/C18H22N2/c1-3-20-18-12-17(13(18)2)16-6-4-14(5-7-16)15-8-10-19-11-9-15/h4-11,13,17-18,20H,3,12H2,1-2H3. The minimum atomic E-state index is 0.699. The Morgan fingerprint density at radius 3 is 2.30 bits per heavy atom. The second-order valence-electron chi connectivity index (χ2n) is 5.72.